The average molecular weight is 759 g/mol. The molecule has 0 radical (unpaired) electrons. The Balaban J connectivity index is 1.49. The van der Waals surface area contributed by atoms with Crippen LogP contribution in [0.1, 0.15) is 67.7 Å². The van der Waals surface area contributed by atoms with Gasteiger partial charge in [-0.3, -0.25) is 19.7 Å². The zero-order valence-electron chi connectivity index (χ0n) is 32.2. The molecule has 294 valence electrons. The number of allylic oxidation sites excluding steroid dienone is 4. The maximum absolute atomic E-state index is 14.1. The van der Waals surface area contributed by atoms with Crippen LogP contribution in [-0.2, 0) is 14.3 Å². The van der Waals surface area contributed by atoms with Crippen molar-refractivity contribution in [3.05, 3.63) is 95.9 Å². The van der Waals surface area contributed by atoms with E-state index in [4.69, 9.17) is 34.2 Å². The normalized spacial score (nSPS) is 16.5. The first-order valence-electron chi connectivity index (χ1n) is 17.9. The van der Waals surface area contributed by atoms with Crippen molar-refractivity contribution in [3.63, 3.8) is 0 Å². The Morgan fingerprint density at radius 3 is 2.02 bits per heavy atom. The lowest BCUT2D eigenvalue weighted by Crippen LogP contribution is -2.37. The molecule has 2 aliphatic rings. The third-order valence-electron chi connectivity index (χ3n) is 8.66. The summed E-state index contributed by atoms with van der Waals surface area (Å²) in [5, 5.41) is 2.63. The highest BCUT2D eigenvalue weighted by Gasteiger charge is 2.33. The number of hydrogen-bond acceptors (Lipinski definition) is 11. The van der Waals surface area contributed by atoms with Gasteiger partial charge in [0, 0.05) is 49.6 Å². The van der Waals surface area contributed by atoms with Crippen LogP contribution in [0.3, 0.4) is 0 Å². The highest BCUT2D eigenvalue weighted by atomic mass is 16.6. The number of ether oxygens (including phenoxy) is 6. The van der Waals surface area contributed by atoms with Gasteiger partial charge in [-0.15, -0.1) is 0 Å². The summed E-state index contributed by atoms with van der Waals surface area (Å²) in [6.45, 7) is 10.9. The summed E-state index contributed by atoms with van der Waals surface area (Å²) in [5.41, 5.74) is 9.02. The molecule has 14 nitrogen and oxygen atoms in total. The van der Waals surface area contributed by atoms with E-state index in [2.05, 4.69) is 11.9 Å². The van der Waals surface area contributed by atoms with Crippen molar-refractivity contribution in [1.82, 2.24) is 9.80 Å². The van der Waals surface area contributed by atoms with Gasteiger partial charge in [0.2, 0.25) is 0 Å². The Morgan fingerprint density at radius 1 is 0.836 bits per heavy atom. The predicted octanol–water partition coefficient (Wildman–Crippen LogP) is 6.80. The van der Waals surface area contributed by atoms with E-state index >= 15 is 0 Å². The van der Waals surface area contributed by atoms with Crippen molar-refractivity contribution in [3.8, 4) is 23.0 Å². The molecule has 4 rings (SSSR count). The summed E-state index contributed by atoms with van der Waals surface area (Å²) in [4.78, 5) is 54.9. The van der Waals surface area contributed by atoms with Crippen LogP contribution in [0.5, 0.6) is 23.0 Å². The SMILES string of the molecule is C=CCOC(=O)Nc1cc(OCCCOc2cc(N)c(C(=O)N3C=C(C=CC)C[C@@H]3C)cc2OC)c(OC)cc1C(=O)N1C=C(C=CC)C[C@H]1COC(C)=O. The fourth-order valence-corrected chi connectivity index (χ4v) is 6.12. The Bertz CT molecular complexity index is 1880. The van der Waals surface area contributed by atoms with Crippen LogP contribution in [0.15, 0.2) is 84.8 Å². The largest absolute Gasteiger partial charge is 0.493 e. The van der Waals surface area contributed by atoms with Crippen LogP contribution >= 0.6 is 0 Å². The Labute approximate surface area is 321 Å². The van der Waals surface area contributed by atoms with Crippen molar-refractivity contribution in [2.75, 3.05) is 51.7 Å². The first kappa shape index (κ1) is 41.6. The fourth-order valence-electron chi connectivity index (χ4n) is 6.12. The molecule has 2 atom stereocenters. The lowest BCUT2D eigenvalue weighted by atomic mass is 10.1. The summed E-state index contributed by atoms with van der Waals surface area (Å²) in [6.07, 6.45) is 13.4. The average Bonchev–Trinajstić information content (AvgIpc) is 3.74. The van der Waals surface area contributed by atoms with Crippen LogP contribution in [0.4, 0.5) is 16.2 Å². The van der Waals surface area contributed by atoms with Crippen molar-refractivity contribution in [1.29, 1.82) is 0 Å². The number of rotatable bonds is 17. The minimum atomic E-state index is -0.813. The number of benzene rings is 2. The molecule has 2 aliphatic heterocycles. The molecule has 0 saturated carbocycles. The number of nitrogens with zero attached hydrogens (tertiary/aromatic N) is 2. The van der Waals surface area contributed by atoms with E-state index in [-0.39, 0.29) is 66.8 Å². The number of esters is 1. The molecule has 14 heteroatoms. The molecule has 55 heavy (non-hydrogen) atoms. The Kier molecular flexibility index (Phi) is 14.9. The highest BCUT2D eigenvalue weighted by molar-refractivity contribution is 6.04. The second-order valence-corrected chi connectivity index (χ2v) is 12.7. The van der Waals surface area contributed by atoms with Gasteiger partial charge in [-0.2, -0.15) is 0 Å². The number of hydrogen-bond donors (Lipinski definition) is 2. The van der Waals surface area contributed by atoms with Gasteiger partial charge in [0.15, 0.2) is 23.0 Å². The molecule has 0 spiro atoms. The van der Waals surface area contributed by atoms with Crippen molar-refractivity contribution < 1.29 is 47.6 Å². The number of carbonyl (C=O) groups excluding carboxylic acids is 4. The zero-order valence-corrected chi connectivity index (χ0v) is 32.2. The van der Waals surface area contributed by atoms with E-state index in [9.17, 15) is 19.2 Å². The minimum Gasteiger partial charge on any atom is -0.493 e. The predicted molar refractivity (Wildman–Crippen MR) is 208 cm³/mol. The fraction of sp³-hybridized carbons (Fsp3) is 0.366. The molecule has 0 saturated heterocycles. The summed E-state index contributed by atoms with van der Waals surface area (Å²) in [7, 11) is 2.92. The number of anilines is 2. The molecule has 0 fully saturated rings. The molecular formula is C41H50N4O10. The summed E-state index contributed by atoms with van der Waals surface area (Å²) in [5.74, 6) is 0.0197. The van der Waals surface area contributed by atoms with E-state index in [0.29, 0.717) is 29.9 Å². The summed E-state index contributed by atoms with van der Waals surface area (Å²) in [6, 6.07) is 5.61. The molecule has 0 unspecified atom stereocenters. The molecular weight excluding hydrogens is 708 g/mol. The highest BCUT2D eigenvalue weighted by Crippen LogP contribution is 2.37. The Morgan fingerprint density at radius 2 is 1.42 bits per heavy atom. The first-order valence-corrected chi connectivity index (χ1v) is 17.9. The third-order valence-corrected chi connectivity index (χ3v) is 8.66. The standard InChI is InChI=1S/C41H50N4O10/c1-8-12-28-17-26(4)44(23-28)39(47)31-19-35(50-6)37(21-33(31)42)52-15-11-16-53-38-22-34(43-41(49)54-14-10-3)32(20-36(38)51-7)40(48)45-24-29(13-9-2)18-30(45)25-55-27(5)46/h8-10,12-13,19-24,26,30H,3,11,14-18,25,42H2,1-2,4-7H3,(H,43,49)/t26-,30-/m0/s1. The van der Waals surface area contributed by atoms with Crippen molar-refractivity contribution >= 4 is 35.3 Å². The summed E-state index contributed by atoms with van der Waals surface area (Å²) >= 11 is 0. The van der Waals surface area contributed by atoms with Gasteiger partial charge in [0.25, 0.3) is 11.8 Å². The summed E-state index contributed by atoms with van der Waals surface area (Å²) < 4.78 is 33.6. The van der Waals surface area contributed by atoms with Crippen LogP contribution in [0.2, 0.25) is 0 Å². The second kappa shape index (κ2) is 19.8. The van der Waals surface area contributed by atoms with Gasteiger partial charge in [0.05, 0.1) is 50.3 Å². The number of amides is 3. The molecule has 2 aromatic carbocycles. The number of nitrogen functional groups attached to an aromatic ring is 1. The number of carbonyl (C=O) groups is 4. The van der Waals surface area contributed by atoms with Gasteiger partial charge in [-0.05, 0) is 56.9 Å². The maximum Gasteiger partial charge on any atom is 0.411 e. The Hall–Kier alpha value is -6.18. The van der Waals surface area contributed by atoms with Crippen molar-refractivity contribution in [2.24, 2.45) is 0 Å². The lowest BCUT2D eigenvalue weighted by Gasteiger charge is -2.25. The van der Waals surface area contributed by atoms with Gasteiger partial charge in [0.1, 0.15) is 13.2 Å². The second-order valence-electron chi connectivity index (χ2n) is 12.7. The van der Waals surface area contributed by atoms with Crippen LogP contribution in [0.25, 0.3) is 0 Å². The maximum atomic E-state index is 14.1. The molecule has 3 amide bonds. The van der Waals surface area contributed by atoms with Crippen LogP contribution in [-0.4, -0.2) is 86.4 Å². The van der Waals surface area contributed by atoms with Crippen LogP contribution < -0.4 is 30.0 Å². The molecule has 3 N–H and O–H groups in total. The number of nitrogens with two attached hydrogens (primary N) is 1. The van der Waals surface area contributed by atoms with Gasteiger partial charge < -0.3 is 44.0 Å². The monoisotopic (exact) mass is 758 g/mol. The van der Waals surface area contributed by atoms with Gasteiger partial charge in [-0.1, -0.05) is 37.0 Å². The molecule has 0 aliphatic carbocycles. The number of methoxy groups -OCH3 is 2. The van der Waals surface area contributed by atoms with Gasteiger partial charge in [-0.25, -0.2) is 4.79 Å². The third kappa shape index (κ3) is 10.7. The van der Waals surface area contributed by atoms with Crippen LogP contribution in [0, 0.1) is 0 Å². The number of nitrogens with one attached hydrogen (secondary N) is 1. The topological polar surface area (TPSA) is 168 Å². The first-order chi connectivity index (χ1) is 26.4. The lowest BCUT2D eigenvalue weighted by molar-refractivity contribution is -0.142. The van der Waals surface area contributed by atoms with E-state index in [1.54, 1.807) is 23.2 Å². The molecule has 0 aromatic heterocycles. The smallest absolute Gasteiger partial charge is 0.411 e. The van der Waals surface area contributed by atoms with Gasteiger partial charge >= 0.3 is 12.1 Å². The molecule has 2 heterocycles. The van der Waals surface area contributed by atoms with E-state index in [0.717, 1.165) is 17.6 Å². The van der Waals surface area contributed by atoms with Crippen molar-refractivity contribution in [2.45, 2.75) is 59.0 Å². The van der Waals surface area contributed by atoms with E-state index in [1.165, 1.54) is 44.3 Å². The zero-order chi connectivity index (χ0) is 40.1. The molecule has 2 aromatic rings. The quantitative estimate of drug-likeness (QED) is 0.0754. The minimum absolute atomic E-state index is 0.0157. The molecule has 0 bridgehead atoms. The van der Waals surface area contributed by atoms with E-state index in [1.807, 2.05) is 51.3 Å². The van der Waals surface area contributed by atoms with E-state index < -0.39 is 24.0 Å².